The van der Waals surface area contributed by atoms with Crippen molar-refractivity contribution in [1.29, 1.82) is 0 Å². The third kappa shape index (κ3) is 3.63. The third-order valence-corrected chi connectivity index (χ3v) is 3.88. The molecular weight excluding hydrogens is 310 g/mol. The second-order valence-electron chi connectivity index (χ2n) is 7.13. The van der Waals surface area contributed by atoms with Crippen LogP contribution in [0.2, 0.25) is 0 Å². The van der Waals surface area contributed by atoms with Gasteiger partial charge in [0.15, 0.2) is 0 Å². The molecule has 0 saturated carbocycles. The molecule has 0 unspecified atom stereocenters. The highest BCUT2D eigenvalue weighted by atomic mass is 16.1. The molecule has 0 saturated heterocycles. The average molecular weight is 333 g/mol. The highest BCUT2D eigenvalue weighted by Gasteiger charge is 2.25. The number of carbonyl (C=O) groups excluding carboxylic acids is 1. The highest BCUT2D eigenvalue weighted by molar-refractivity contribution is 6.01. The van der Waals surface area contributed by atoms with Crippen LogP contribution in [-0.2, 0) is 0 Å². The maximum atomic E-state index is 13.0. The first-order valence-corrected chi connectivity index (χ1v) is 8.40. The molecule has 3 rings (SSSR count). The summed E-state index contributed by atoms with van der Waals surface area (Å²) in [5.74, 6) is -0.106. The molecular formula is C21H23N3O. The van der Waals surface area contributed by atoms with E-state index >= 15 is 0 Å². The third-order valence-electron chi connectivity index (χ3n) is 3.88. The predicted molar refractivity (Wildman–Crippen MR) is 101 cm³/mol. The Morgan fingerprint density at radius 2 is 1.52 bits per heavy atom. The van der Waals surface area contributed by atoms with Crippen molar-refractivity contribution in [2.45, 2.75) is 33.2 Å². The molecule has 0 atom stereocenters. The van der Waals surface area contributed by atoms with Crippen molar-refractivity contribution < 1.29 is 4.79 Å². The second kappa shape index (κ2) is 6.55. The van der Waals surface area contributed by atoms with E-state index in [0.29, 0.717) is 11.3 Å². The lowest BCUT2D eigenvalue weighted by molar-refractivity contribution is 0.0919. The highest BCUT2D eigenvalue weighted by Crippen LogP contribution is 2.27. The summed E-state index contributed by atoms with van der Waals surface area (Å²) in [6.07, 6.45) is 0. The minimum Gasteiger partial charge on any atom is -0.347 e. The number of carbonyl (C=O) groups is 1. The largest absolute Gasteiger partial charge is 0.347 e. The molecule has 0 bridgehead atoms. The minimum atomic E-state index is -0.313. The van der Waals surface area contributed by atoms with Crippen LogP contribution in [0.3, 0.4) is 0 Å². The zero-order valence-corrected chi connectivity index (χ0v) is 15.1. The lowest BCUT2D eigenvalue weighted by atomic mass is 10.0. The summed E-state index contributed by atoms with van der Waals surface area (Å²) in [6, 6.07) is 19.7. The lowest BCUT2D eigenvalue weighted by Crippen LogP contribution is -2.40. The fraction of sp³-hybridized carbons (Fsp3) is 0.238. The summed E-state index contributed by atoms with van der Waals surface area (Å²) in [6.45, 7) is 7.86. The molecule has 1 amide bonds. The molecule has 0 spiro atoms. The van der Waals surface area contributed by atoms with E-state index in [1.54, 1.807) is 0 Å². The Labute approximate surface area is 148 Å². The predicted octanol–water partition coefficient (Wildman–Crippen LogP) is 4.38. The molecule has 4 nitrogen and oxygen atoms in total. The Kier molecular flexibility index (Phi) is 4.45. The maximum absolute atomic E-state index is 13.0. The summed E-state index contributed by atoms with van der Waals surface area (Å²) in [7, 11) is 0. The molecule has 4 heteroatoms. The smallest absolute Gasteiger partial charge is 0.255 e. The van der Waals surface area contributed by atoms with Gasteiger partial charge in [0.25, 0.3) is 5.91 Å². The second-order valence-corrected chi connectivity index (χ2v) is 7.13. The fourth-order valence-electron chi connectivity index (χ4n) is 2.80. The number of hydrogen-bond acceptors (Lipinski definition) is 2. The number of para-hydroxylation sites is 1. The van der Waals surface area contributed by atoms with Gasteiger partial charge >= 0.3 is 0 Å². The van der Waals surface area contributed by atoms with Crippen LogP contribution in [-0.4, -0.2) is 21.2 Å². The number of benzene rings is 2. The Morgan fingerprint density at radius 3 is 2.08 bits per heavy atom. The number of aromatic nitrogens is 2. The van der Waals surface area contributed by atoms with E-state index in [2.05, 4.69) is 5.32 Å². The van der Waals surface area contributed by atoms with Crippen molar-refractivity contribution in [3.63, 3.8) is 0 Å². The Morgan fingerprint density at radius 1 is 0.960 bits per heavy atom. The molecule has 1 heterocycles. The zero-order valence-electron chi connectivity index (χ0n) is 15.1. The molecule has 1 N–H and O–H groups in total. The van der Waals surface area contributed by atoms with Gasteiger partial charge in [-0.1, -0.05) is 48.5 Å². The molecule has 0 radical (unpaired) electrons. The van der Waals surface area contributed by atoms with E-state index in [0.717, 1.165) is 16.9 Å². The Hall–Kier alpha value is -2.88. The van der Waals surface area contributed by atoms with E-state index in [-0.39, 0.29) is 11.4 Å². The summed E-state index contributed by atoms with van der Waals surface area (Å²) >= 11 is 0. The first-order valence-electron chi connectivity index (χ1n) is 8.40. The quantitative estimate of drug-likeness (QED) is 0.773. The summed E-state index contributed by atoms with van der Waals surface area (Å²) < 4.78 is 1.83. The van der Waals surface area contributed by atoms with Gasteiger partial charge in [-0.3, -0.25) is 4.79 Å². The van der Waals surface area contributed by atoms with Gasteiger partial charge in [-0.05, 0) is 39.8 Å². The first kappa shape index (κ1) is 17.0. The van der Waals surface area contributed by atoms with Crippen LogP contribution < -0.4 is 5.32 Å². The molecule has 25 heavy (non-hydrogen) atoms. The van der Waals surface area contributed by atoms with Gasteiger partial charge in [0.05, 0.1) is 16.9 Å². The van der Waals surface area contributed by atoms with E-state index in [9.17, 15) is 4.79 Å². The van der Waals surface area contributed by atoms with Gasteiger partial charge in [0, 0.05) is 11.1 Å². The topological polar surface area (TPSA) is 46.9 Å². The average Bonchev–Trinajstić information content (AvgIpc) is 2.92. The Bertz CT molecular complexity index is 875. The fourth-order valence-corrected chi connectivity index (χ4v) is 2.80. The van der Waals surface area contributed by atoms with Crippen LogP contribution in [0.25, 0.3) is 16.9 Å². The molecule has 0 aliphatic rings. The van der Waals surface area contributed by atoms with Crippen LogP contribution in [0.4, 0.5) is 0 Å². The monoisotopic (exact) mass is 333 g/mol. The molecule has 0 fully saturated rings. The maximum Gasteiger partial charge on any atom is 0.255 e. The molecule has 1 aromatic heterocycles. The van der Waals surface area contributed by atoms with Gasteiger partial charge in [0.1, 0.15) is 5.69 Å². The molecule has 3 aromatic rings. The summed E-state index contributed by atoms with van der Waals surface area (Å²) in [4.78, 5) is 13.0. The van der Waals surface area contributed by atoms with Crippen LogP contribution in [0, 0.1) is 6.92 Å². The van der Waals surface area contributed by atoms with E-state index in [1.807, 2.05) is 93.0 Å². The van der Waals surface area contributed by atoms with E-state index in [4.69, 9.17) is 5.10 Å². The first-order chi connectivity index (χ1) is 11.9. The minimum absolute atomic E-state index is 0.106. The van der Waals surface area contributed by atoms with Gasteiger partial charge in [-0.2, -0.15) is 5.10 Å². The van der Waals surface area contributed by atoms with Crippen LogP contribution in [0.15, 0.2) is 60.7 Å². The Balaban J connectivity index is 2.18. The number of amides is 1. The van der Waals surface area contributed by atoms with Crippen molar-refractivity contribution >= 4 is 5.91 Å². The normalized spacial score (nSPS) is 11.4. The van der Waals surface area contributed by atoms with Crippen molar-refractivity contribution in [2.75, 3.05) is 0 Å². The number of rotatable bonds is 3. The SMILES string of the molecule is Cc1c(C(=O)NC(C)(C)C)c(-c2ccccc2)nn1-c1ccccc1. The van der Waals surface area contributed by atoms with Gasteiger partial charge < -0.3 is 5.32 Å². The zero-order chi connectivity index (χ0) is 18.0. The van der Waals surface area contributed by atoms with E-state index in [1.165, 1.54) is 0 Å². The summed E-state index contributed by atoms with van der Waals surface area (Å²) in [5.41, 5.74) is 3.69. The summed E-state index contributed by atoms with van der Waals surface area (Å²) in [5, 5.41) is 7.82. The van der Waals surface area contributed by atoms with Gasteiger partial charge in [0.2, 0.25) is 0 Å². The van der Waals surface area contributed by atoms with Crippen molar-refractivity contribution in [1.82, 2.24) is 15.1 Å². The van der Waals surface area contributed by atoms with Crippen molar-refractivity contribution in [3.05, 3.63) is 71.9 Å². The molecule has 2 aromatic carbocycles. The van der Waals surface area contributed by atoms with E-state index < -0.39 is 0 Å². The number of nitrogens with zero attached hydrogens (tertiary/aromatic N) is 2. The van der Waals surface area contributed by atoms with Crippen LogP contribution in [0.5, 0.6) is 0 Å². The lowest BCUT2D eigenvalue weighted by Gasteiger charge is -2.20. The van der Waals surface area contributed by atoms with Crippen molar-refractivity contribution in [3.8, 4) is 16.9 Å². The number of hydrogen-bond donors (Lipinski definition) is 1. The standard InChI is InChI=1S/C21H23N3O/c1-15-18(20(25)22-21(2,3)4)19(16-11-7-5-8-12-16)23-24(15)17-13-9-6-10-14-17/h5-14H,1-4H3,(H,22,25). The van der Waals surface area contributed by atoms with Crippen molar-refractivity contribution in [2.24, 2.45) is 0 Å². The molecule has 0 aliphatic carbocycles. The van der Waals surface area contributed by atoms with Gasteiger partial charge in [-0.25, -0.2) is 4.68 Å². The van der Waals surface area contributed by atoms with Crippen LogP contribution in [0.1, 0.15) is 36.8 Å². The molecule has 128 valence electrons. The van der Waals surface area contributed by atoms with Gasteiger partial charge in [-0.15, -0.1) is 0 Å². The van der Waals surface area contributed by atoms with Crippen LogP contribution >= 0.6 is 0 Å². The molecule has 0 aliphatic heterocycles. The number of nitrogens with one attached hydrogen (secondary N) is 1.